The number of piperazine rings is 2. The average Bonchev–Trinajstić information content (AvgIpc) is 1.59. The van der Waals surface area contributed by atoms with E-state index in [0.29, 0.717) is 89.3 Å². The number of aryl methyl sites for hydroxylation is 1. The lowest BCUT2D eigenvalue weighted by atomic mass is 9.83. The Bertz CT molecular complexity index is 3630. The summed E-state index contributed by atoms with van der Waals surface area (Å²) in [5.41, 5.74) is 11.1. The van der Waals surface area contributed by atoms with E-state index < -0.39 is 77.7 Å². The van der Waals surface area contributed by atoms with Crippen molar-refractivity contribution < 1.29 is 62.7 Å². The molecule has 11 rings (SSSR count). The van der Waals surface area contributed by atoms with Crippen LogP contribution in [-0.4, -0.2) is 236 Å². The fourth-order valence-electron chi connectivity index (χ4n) is 15.1. The molecule has 5 fully saturated rings. The average molecular weight is 1290 g/mol. The summed E-state index contributed by atoms with van der Waals surface area (Å²) < 4.78 is 24.9. The summed E-state index contributed by atoms with van der Waals surface area (Å²) in [5.74, 6) is -4.53. The number of ether oxygens (including phenoxy) is 4. The molecule has 4 aromatic rings. The number of anilines is 1. The maximum absolute atomic E-state index is 15.4. The summed E-state index contributed by atoms with van der Waals surface area (Å²) in [6.45, 7) is 19.0. The van der Waals surface area contributed by atoms with Gasteiger partial charge in [0.25, 0.3) is 5.91 Å². The number of aromatic nitrogens is 1. The van der Waals surface area contributed by atoms with Crippen LogP contribution in [0.1, 0.15) is 75.8 Å². The number of phenols is 1. The van der Waals surface area contributed by atoms with Gasteiger partial charge in [0.15, 0.2) is 0 Å². The van der Waals surface area contributed by atoms with Crippen LogP contribution in [0.4, 0.5) is 15.3 Å². The zero-order valence-corrected chi connectivity index (χ0v) is 55.5. The van der Waals surface area contributed by atoms with Gasteiger partial charge in [-0.3, -0.25) is 38.9 Å². The number of aliphatic hydroxyl groups excluding tert-OH is 1. The van der Waals surface area contributed by atoms with Gasteiger partial charge in [0.05, 0.1) is 44.2 Å². The molecule has 0 spiro atoms. The number of cyclic esters (lactones) is 1. The van der Waals surface area contributed by atoms with E-state index in [1.54, 1.807) is 49.1 Å². The number of aromatic hydroxyl groups is 1. The van der Waals surface area contributed by atoms with E-state index in [-0.39, 0.29) is 74.4 Å². The van der Waals surface area contributed by atoms with Crippen molar-refractivity contribution in [3.63, 3.8) is 0 Å². The third kappa shape index (κ3) is 13.7. The van der Waals surface area contributed by atoms with Crippen LogP contribution in [0.3, 0.4) is 0 Å². The number of carbonyl (C=O) groups excluding carboxylic acids is 7. The van der Waals surface area contributed by atoms with Crippen molar-refractivity contribution in [2.24, 2.45) is 34.1 Å². The highest BCUT2D eigenvalue weighted by molar-refractivity contribution is 5.96. The van der Waals surface area contributed by atoms with Crippen LogP contribution in [0.2, 0.25) is 0 Å². The standard InChI is InChI=1S/C70H91N11O13/c1-11-41(3)62(74(7)65(86)56-38-79(69(90)93-10)37-55(56)44-13-16-48(17-14-44)75-19-23-77(24-20-75)59(84)39-82)64(85)72-57-29-43-27-46(30-50(83)28-43)45-15-18-58-52(31-45)54(34-70(5,6)40-94-67(88)61-51-32-47(51)36-81(73-61)66(57)87)63(80(58)12-2)53-33-49(35-71-60(53)42(4)91-8)76-21-25-78(26-22-76)68(89)92-9/h11,13-18,27-28,30-31,35,41-42,47,49,51,55-57,61-62,73,82-83H,1,12,19-26,29,32-34,36-40H2,2-10H3,(H,72,85)/t41-,42+,47?,49?,51+,55-,56-,57+,61+,62+/m1/s1. The molecule has 1 aromatic heterocycles. The topological polar surface area (TPSA) is 261 Å². The maximum atomic E-state index is 15.4. The molecule has 504 valence electrons. The van der Waals surface area contributed by atoms with E-state index in [9.17, 15) is 29.4 Å². The number of hydrogen-bond donors (Lipinski definition) is 4. The van der Waals surface area contributed by atoms with Crippen molar-refractivity contribution in [3.05, 3.63) is 101 Å². The molecule has 2 unspecified atom stereocenters. The van der Waals surface area contributed by atoms with E-state index in [1.165, 1.54) is 29.0 Å². The van der Waals surface area contributed by atoms with Crippen molar-refractivity contribution in [2.75, 3.05) is 118 Å². The Balaban J connectivity index is 0.928. The second-order valence-electron chi connectivity index (χ2n) is 27.1. The first-order chi connectivity index (χ1) is 45.1. The Hall–Kier alpha value is -8.32. The summed E-state index contributed by atoms with van der Waals surface area (Å²) in [6.07, 6.45) is 3.94. The summed E-state index contributed by atoms with van der Waals surface area (Å²) in [6, 6.07) is 15.7. The number of likely N-dealkylation sites (N-methyl/N-ethyl adjacent to an activating group) is 1. The first-order valence-electron chi connectivity index (χ1n) is 32.9. The number of fused-ring (bicyclic) bond motifs is 8. The number of hydrogen-bond acceptors (Lipinski definition) is 17. The number of nitrogens with zero attached hydrogens (tertiary/aromatic N) is 9. The summed E-state index contributed by atoms with van der Waals surface area (Å²) in [7, 11) is 5.91. The molecule has 6 amide bonds. The molecule has 7 heterocycles. The van der Waals surface area contributed by atoms with Crippen molar-refractivity contribution in [1.29, 1.82) is 0 Å². The van der Waals surface area contributed by atoms with Crippen LogP contribution in [0.15, 0.2) is 84.0 Å². The van der Waals surface area contributed by atoms with Crippen LogP contribution in [0, 0.1) is 29.1 Å². The molecular weight excluding hydrogens is 1200 g/mol. The Morgan fingerprint density at radius 1 is 0.872 bits per heavy atom. The van der Waals surface area contributed by atoms with Crippen LogP contribution < -0.4 is 15.6 Å². The quantitative estimate of drug-likeness (QED) is 0.0711. The van der Waals surface area contributed by atoms with Gasteiger partial charge in [0.2, 0.25) is 17.7 Å². The second kappa shape index (κ2) is 27.9. The molecule has 94 heavy (non-hydrogen) atoms. The van der Waals surface area contributed by atoms with Crippen molar-refractivity contribution >= 4 is 70.2 Å². The monoisotopic (exact) mass is 1290 g/mol. The van der Waals surface area contributed by atoms with Gasteiger partial charge in [-0.15, -0.1) is 6.58 Å². The van der Waals surface area contributed by atoms with E-state index in [4.69, 9.17) is 23.9 Å². The first kappa shape index (κ1) is 67.1. The van der Waals surface area contributed by atoms with E-state index in [0.717, 1.165) is 50.2 Å². The molecule has 1 saturated carbocycles. The highest BCUT2D eigenvalue weighted by atomic mass is 16.5. The van der Waals surface area contributed by atoms with Gasteiger partial charge in [-0.2, -0.15) is 0 Å². The SMILES string of the molecule is C=C[C@@H](C)[C@@H](C(=O)N[C@H]1Cc2cc(O)cc(c2)-c2ccc3c(c2)c(c(C2=C([C@H](C)OC)N=CC(N4CCN(C(=O)OC)CC4)C2)n3CC)CC(C)(C)COC(=O)[C@H]2NN(CC3C[C@@H]32)C1=O)N(C)C(=O)[C@@H]1CN(C(=O)OC)C[C@@H]1c1ccc(N2CCN(C(=O)CO)CC2)cc1. The molecule has 4 saturated heterocycles. The van der Waals surface area contributed by atoms with Crippen LogP contribution >= 0.6 is 0 Å². The third-order valence-corrected chi connectivity index (χ3v) is 20.5. The molecule has 6 bridgehead atoms. The molecule has 24 nitrogen and oxygen atoms in total. The number of amides is 6. The first-order valence-corrected chi connectivity index (χ1v) is 32.9. The Kier molecular flexibility index (Phi) is 19.9. The Morgan fingerprint density at radius 2 is 1.57 bits per heavy atom. The van der Waals surface area contributed by atoms with E-state index in [1.807, 2.05) is 49.5 Å². The molecule has 3 aromatic carbocycles. The second-order valence-corrected chi connectivity index (χ2v) is 27.1. The molecule has 7 aliphatic rings. The molecule has 24 heteroatoms. The minimum Gasteiger partial charge on any atom is -0.508 e. The lowest BCUT2D eigenvalue weighted by Gasteiger charge is -2.39. The lowest BCUT2D eigenvalue weighted by molar-refractivity contribution is -0.156. The smallest absolute Gasteiger partial charge is 0.409 e. The molecule has 10 atom stereocenters. The number of carbonyl (C=O) groups is 7. The van der Waals surface area contributed by atoms with Crippen molar-refractivity contribution in [2.45, 2.75) is 103 Å². The summed E-state index contributed by atoms with van der Waals surface area (Å²) in [5, 5.41) is 26.6. The number of esters is 1. The predicted molar refractivity (Wildman–Crippen MR) is 353 cm³/mol. The van der Waals surface area contributed by atoms with E-state index in [2.05, 4.69) is 64.6 Å². The van der Waals surface area contributed by atoms with Crippen LogP contribution in [-0.2, 0) is 62.3 Å². The fourth-order valence-corrected chi connectivity index (χ4v) is 15.1. The molecule has 1 aliphatic carbocycles. The van der Waals surface area contributed by atoms with Gasteiger partial charge in [-0.05, 0) is 109 Å². The highest BCUT2D eigenvalue weighted by Crippen LogP contribution is 2.47. The minimum absolute atomic E-state index is 0.00656. The number of aliphatic hydroxyl groups is 1. The molecular formula is C70H91N11O13. The Morgan fingerprint density at radius 3 is 2.24 bits per heavy atom. The number of likely N-dealkylation sites (tertiary alicyclic amines) is 1. The van der Waals surface area contributed by atoms with Crippen LogP contribution in [0.25, 0.3) is 27.6 Å². The summed E-state index contributed by atoms with van der Waals surface area (Å²) in [4.78, 5) is 115. The van der Waals surface area contributed by atoms with Gasteiger partial charge in [0, 0.05) is 151 Å². The van der Waals surface area contributed by atoms with Crippen molar-refractivity contribution in [3.8, 4) is 16.9 Å². The number of hydrazine groups is 1. The number of nitrogens with one attached hydrogen (secondary N) is 2. The molecule has 0 radical (unpaired) electrons. The van der Waals surface area contributed by atoms with E-state index >= 15 is 14.4 Å². The van der Waals surface area contributed by atoms with Gasteiger partial charge in [0.1, 0.15) is 30.5 Å². The zero-order valence-electron chi connectivity index (χ0n) is 55.5. The highest BCUT2D eigenvalue weighted by Gasteiger charge is 2.54. The van der Waals surface area contributed by atoms with Gasteiger partial charge in [-0.1, -0.05) is 51.1 Å². The van der Waals surface area contributed by atoms with Gasteiger partial charge >= 0.3 is 18.2 Å². The minimum atomic E-state index is -1.29. The van der Waals surface area contributed by atoms with Crippen molar-refractivity contribution in [1.82, 2.24) is 44.8 Å². The van der Waals surface area contributed by atoms with Gasteiger partial charge in [-0.25, -0.2) is 15.0 Å². The number of rotatable bonds is 14. The normalized spacial score (nSPS) is 25.0. The Labute approximate surface area is 549 Å². The predicted octanol–water partition coefficient (Wildman–Crippen LogP) is 5.28. The summed E-state index contributed by atoms with van der Waals surface area (Å²) >= 11 is 0. The molecule has 4 N–H and O–H groups in total. The number of aliphatic imine (C=N–C) groups is 1. The molecule has 6 aliphatic heterocycles. The fraction of sp³-hybridized carbons (Fsp3) is 0.543. The lowest BCUT2D eigenvalue weighted by Crippen LogP contribution is -2.63. The maximum Gasteiger partial charge on any atom is 0.409 e. The number of benzene rings is 3. The number of phenolic OH excluding ortho intramolecular Hbond substituents is 1. The zero-order chi connectivity index (χ0) is 67.0. The van der Waals surface area contributed by atoms with Gasteiger partial charge < -0.3 is 63.5 Å². The van der Waals surface area contributed by atoms with Crippen LogP contribution in [0.5, 0.6) is 5.75 Å². The third-order valence-electron chi connectivity index (χ3n) is 20.5. The number of methoxy groups -OCH3 is 3. The largest absolute Gasteiger partial charge is 0.508 e.